The van der Waals surface area contributed by atoms with Gasteiger partial charge in [0.05, 0.1) is 6.10 Å². The molecule has 0 rings (SSSR count). The summed E-state index contributed by atoms with van der Waals surface area (Å²) in [7, 11) is 0. The van der Waals surface area contributed by atoms with Crippen molar-refractivity contribution in [1.82, 2.24) is 0 Å². The van der Waals surface area contributed by atoms with Crippen LogP contribution in [0.3, 0.4) is 0 Å². The van der Waals surface area contributed by atoms with E-state index < -0.39 is 0 Å². The van der Waals surface area contributed by atoms with Crippen LogP contribution in [0.1, 0.15) is 118 Å². The largest absolute Gasteiger partial charge is 0.393 e. The second kappa shape index (κ2) is 13.0. The van der Waals surface area contributed by atoms with Crippen LogP contribution in [0.4, 0.5) is 0 Å². The van der Waals surface area contributed by atoms with E-state index in [1.165, 1.54) is 57.8 Å². The number of unbranched alkanes of at least 4 members (excludes halogenated alkanes) is 5. The van der Waals surface area contributed by atoms with E-state index >= 15 is 0 Å². The van der Waals surface area contributed by atoms with Gasteiger partial charge in [-0.25, -0.2) is 0 Å². The molecule has 0 amide bonds. The molecule has 0 fully saturated rings. The zero-order chi connectivity index (χ0) is 18.5. The minimum atomic E-state index is -0.102. The molecule has 0 spiro atoms. The Morgan fingerprint density at radius 2 is 1.46 bits per heavy atom. The third-order valence-electron chi connectivity index (χ3n) is 6.17. The van der Waals surface area contributed by atoms with Crippen LogP contribution in [0.25, 0.3) is 0 Å². The molecule has 0 aromatic rings. The van der Waals surface area contributed by atoms with E-state index in [-0.39, 0.29) is 6.10 Å². The summed E-state index contributed by atoms with van der Waals surface area (Å²) in [5.74, 6) is 0. The molecule has 0 heterocycles. The van der Waals surface area contributed by atoms with Crippen molar-refractivity contribution in [3.8, 4) is 0 Å². The third kappa shape index (κ3) is 10.5. The van der Waals surface area contributed by atoms with Crippen molar-refractivity contribution in [3.63, 3.8) is 0 Å². The molecule has 3 atom stereocenters. The van der Waals surface area contributed by atoms with Crippen molar-refractivity contribution < 1.29 is 5.11 Å². The van der Waals surface area contributed by atoms with Crippen molar-refractivity contribution in [2.24, 2.45) is 10.8 Å². The Hall–Kier alpha value is -0.300. The Morgan fingerprint density at radius 1 is 0.875 bits per heavy atom. The van der Waals surface area contributed by atoms with Gasteiger partial charge in [0.15, 0.2) is 0 Å². The van der Waals surface area contributed by atoms with E-state index in [4.69, 9.17) is 0 Å². The second-order valence-electron chi connectivity index (χ2n) is 8.75. The SMILES string of the molecule is C=CCC(C)(CC)CC(C)(CC)CC[C@@H](O)CCCCCCCC. The summed E-state index contributed by atoms with van der Waals surface area (Å²) in [4.78, 5) is 0. The van der Waals surface area contributed by atoms with Gasteiger partial charge in [0, 0.05) is 0 Å². The van der Waals surface area contributed by atoms with Gasteiger partial charge in [0.25, 0.3) is 0 Å². The summed E-state index contributed by atoms with van der Waals surface area (Å²) in [6.45, 7) is 15.6. The first-order chi connectivity index (χ1) is 11.3. The van der Waals surface area contributed by atoms with Gasteiger partial charge in [0.2, 0.25) is 0 Å². The van der Waals surface area contributed by atoms with Gasteiger partial charge in [-0.15, -0.1) is 6.58 Å². The van der Waals surface area contributed by atoms with Crippen molar-refractivity contribution in [1.29, 1.82) is 0 Å². The van der Waals surface area contributed by atoms with E-state index in [1.54, 1.807) is 0 Å². The lowest BCUT2D eigenvalue weighted by Crippen LogP contribution is -2.28. The first kappa shape index (κ1) is 23.7. The van der Waals surface area contributed by atoms with Crippen LogP contribution >= 0.6 is 0 Å². The molecule has 0 aromatic heterocycles. The number of rotatable bonds is 16. The highest BCUT2D eigenvalue weighted by Gasteiger charge is 2.32. The van der Waals surface area contributed by atoms with Crippen molar-refractivity contribution in [2.75, 3.05) is 0 Å². The Bertz CT molecular complexity index is 311. The minimum absolute atomic E-state index is 0.102. The predicted molar refractivity (Wildman–Crippen MR) is 109 cm³/mol. The summed E-state index contributed by atoms with van der Waals surface area (Å²) < 4.78 is 0. The molecule has 1 N–H and O–H groups in total. The molecule has 0 aliphatic carbocycles. The molecule has 0 bridgehead atoms. The normalized spacial score (nSPS) is 17.9. The average molecular weight is 339 g/mol. The van der Waals surface area contributed by atoms with Crippen LogP contribution < -0.4 is 0 Å². The molecule has 0 aliphatic heterocycles. The van der Waals surface area contributed by atoms with E-state index in [0.29, 0.717) is 10.8 Å². The molecular formula is C23H46O. The standard InChI is InChI=1S/C23H46O/c1-7-11-12-13-14-15-16-21(24)17-19-23(6,10-4)20-22(5,9-3)18-8-2/h8,21,24H,2,7,9-20H2,1,3-6H3/t21-,22?,23?/m0/s1. The van der Waals surface area contributed by atoms with Crippen molar-refractivity contribution >= 4 is 0 Å². The van der Waals surface area contributed by atoms with Crippen LogP contribution in [0.2, 0.25) is 0 Å². The Kier molecular flexibility index (Phi) is 12.8. The zero-order valence-electron chi connectivity index (χ0n) is 17.5. The summed E-state index contributed by atoms with van der Waals surface area (Å²) in [6, 6.07) is 0. The lowest BCUT2D eigenvalue weighted by molar-refractivity contribution is 0.0943. The first-order valence-corrected chi connectivity index (χ1v) is 10.6. The molecule has 1 heteroatoms. The summed E-state index contributed by atoms with van der Waals surface area (Å²) in [5, 5.41) is 10.4. The number of hydrogen-bond donors (Lipinski definition) is 1. The molecule has 0 saturated carbocycles. The lowest BCUT2D eigenvalue weighted by atomic mass is 9.67. The fourth-order valence-corrected chi connectivity index (χ4v) is 3.93. The minimum Gasteiger partial charge on any atom is -0.393 e. The Balaban J connectivity index is 4.19. The predicted octanol–water partition coefficient (Wildman–Crippen LogP) is 7.68. The zero-order valence-corrected chi connectivity index (χ0v) is 17.5. The highest BCUT2D eigenvalue weighted by molar-refractivity contribution is 4.88. The van der Waals surface area contributed by atoms with Crippen LogP contribution in [0, 0.1) is 10.8 Å². The molecule has 24 heavy (non-hydrogen) atoms. The van der Waals surface area contributed by atoms with Crippen molar-refractivity contribution in [2.45, 2.75) is 124 Å². The summed E-state index contributed by atoms with van der Waals surface area (Å²) >= 11 is 0. The third-order valence-corrected chi connectivity index (χ3v) is 6.17. The lowest BCUT2D eigenvalue weighted by Gasteiger charge is -2.39. The van der Waals surface area contributed by atoms with Gasteiger partial charge in [0.1, 0.15) is 0 Å². The van der Waals surface area contributed by atoms with E-state index in [9.17, 15) is 5.11 Å². The van der Waals surface area contributed by atoms with Gasteiger partial charge in [-0.1, -0.05) is 92.1 Å². The van der Waals surface area contributed by atoms with Gasteiger partial charge in [-0.2, -0.15) is 0 Å². The average Bonchev–Trinajstić information content (AvgIpc) is 2.56. The molecule has 144 valence electrons. The molecule has 0 radical (unpaired) electrons. The van der Waals surface area contributed by atoms with Crippen LogP contribution in [0.15, 0.2) is 12.7 Å². The van der Waals surface area contributed by atoms with E-state index in [1.807, 2.05) is 0 Å². The first-order valence-electron chi connectivity index (χ1n) is 10.6. The second-order valence-corrected chi connectivity index (χ2v) is 8.75. The molecule has 1 nitrogen and oxygen atoms in total. The van der Waals surface area contributed by atoms with Crippen LogP contribution in [0.5, 0.6) is 0 Å². The molecule has 0 saturated heterocycles. The summed E-state index contributed by atoms with van der Waals surface area (Å²) in [6.07, 6.45) is 17.7. The number of aliphatic hydroxyl groups excluding tert-OH is 1. The maximum atomic E-state index is 10.4. The quantitative estimate of drug-likeness (QED) is 0.226. The maximum Gasteiger partial charge on any atom is 0.0540 e. The topological polar surface area (TPSA) is 20.2 Å². The van der Waals surface area contributed by atoms with Crippen LogP contribution in [-0.2, 0) is 0 Å². The van der Waals surface area contributed by atoms with Gasteiger partial charge in [-0.3, -0.25) is 0 Å². The Labute approximate surface area is 153 Å². The summed E-state index contributed by atoms with van der Waals surface area (Å²) in [5.41, 5.74) is 0.701. The number of allylic oxidation sites excluding steroid dienone is 1. The van der Waals surface area contributed by atoms with Crippen LogP contribution in [-0.4, -0.2) is 11.2 Å². The highest BCUT2D eigenvalue weighted by Crippen LogP contribution is 2.44. The van der Waals surface area contributed by atoms with E-state index in [0.717, 1.165) is 25.7 Å². The van der Waals surface area contributed by atoms with Gasteiger partial charge < -0.3 is 5.11 Å². The number of aliphatic hydroxyl groups is 1. The maximum absolute atomic E-state index is 10.4. The monoisotopic (exact) mass is 338 g/mol. The molecule has 0 aromatic carbocycles. The highest BCUT2D eigenvalue weighted by atomic mass is 16.3. The molecule has 0 aliphatic rings. The Morgan fingerprint density at radius 3 is 2.00 bits per heavy atom. The van der Waals surface area contributed by atoms with E-state index in [2.05, 4.69) is 47.3 Å². The number of hydrogen-bond acceptors (Lipinski definition) is 1. The smallest absolute Gasteiger partial charge is 0.0540 e. The molecule has 2 unspecified atom stereocenters. The van der Waals surface area contributed by atoms with Gasteiger partial charge in [-0.05, 0) is 42.9 Å². The van der Waals surface area contributed by atoms with Gasteiger partial charge >= 0.3 is 0 Å². The van der Waals surface area contributed by atoms with Crippen molar-refractivity contribution in [3.05, 3.63) is 12.7 Å². The fourth-order valence-electron chi connectivity index (χ4n) is 3.93. The fraction of sp³-hybridized carbons (Fsp3) is 0.913. The molecular weight excluding hydrogens is 292 g/mol.